The van der Waals surface area contributed by atoms with Crippen LogP contribution in [0.15, 0.2) is 73.1 Å². The minimum atomic E-state index is -0.0556. The van der Waals surface area contributed by atoms with E-state index in [9.17, 15) is 4.79 Å². The number of hydrogen-bond acceptors (Lipinski definition) is 3. The maximum absolute atomic E-state index is 12.5. The molecule has 0 saturated carbocycles. The molecule has 0 spiro atoms. The lowest BCUT2D eigenvalue weighted by Crippen LogP contribution is -2.28. The summed E-state index contributed by atoms with van der Waals surface area (Å²) < 4.78 is 0. The van der Waals surface area contributed by atoms with Crippen LogP contribution in [-0.4, -0.2) is 16.6 Å². The predicted molar refractivity (Wildman–Crippen MR) is 104 cm³/mol. The van der Waals surface area contributed by atoms with E-state index < -0.39 is 0 Å². The van der Waals surface area contributed by atoms with E-state index in [1.54, 1.807) is 11.8 Å². The second-order valence-electron chi connectivity index (χ2n) is 6.09. The molecule has 1 aliphatic heterocycles. The zero-order valence-corrected chi connectivity index (χ0v) is 14.7. The van der Waals surface area contributed by atoms with Crippen molar-refractivity contribution in [1.82, 2.24) is 4.98 Å². The molecule has 4 rings (SSSR count). The number of aromatic nitrogens is 1. The molecular weight excluding hydrogens is 328 g/mol. The Labute approximate surface area is 151 Å². The zero-order valence-electron chi connectivity index (χ0n) is 13.9. The van der Waals surface area contributed by atoms with E-state index in [1.807, 2.05) is 53.7 Å². The number of rotatable bonds is 3. The van der Waals surface area contributed by atoms with Crippen LogP contribution in [0.25, 0.3) is 11.1 Å². The summed E-state index contributed by atoms with van der Waals surface area (Å²) in [4.78, 5) is 18.8. The first-order valence-electron chi connectivity index (χ1n) is 8.24. The van der Waals surface area contributed by atoms with Crippen LogP contribution in [0.4, 0.5) is 5.69 Å². The van der Waals surface area contributed by atoms with Gasteiger partial charge in [0.1, 0.15) is 5.37 Å². The molecule has 124 valence electrons. The number of aryl methyl sites for hydroxylation is 1. The molecule has 1 saturated heterocycles. The van der Waals surface area contributed by atoms with Gasteiger partial charge in [0.25, 0.3) is 0 Å². The first-order chi connectivity index (χ1) is 12.2. The molecule has 1 amide bonds. The minimum absolute atomic E-state index is 0.0556. The van der Waals surface area contributed by atoms with Crippen molar-refractivity contribution in [3.8, 4) is 11.1 Å². The third-order valence-electron chi connectivity index (χ3n) is 4.38. The summed E-state index contributed by atoms with van der Waals surface area (Å²) >= 11 is 1.65. The largest absolute Gasteiger partial charge is 0.295 e. The summed E-state index contributed by atoms with van der Waals surface area (Å²) in [5, 5.41) is -0.0556. The fourth-order valence-electron chi connectivity index (χ4n) is 3.12. The molecule has 1 aliphatic rings. The molecule has 0 bridgehead atoms. The molecule has 2 aromatic carbocycles. The van der Waals surface area contributed by atoms with E-state index in [0.29, 0.717) is 5.75 Å². The van der Waals surface area contributed by atoms with Gasteiger partial charge >= 0.3 is 0 Å². The zero-order chi connectivity index (χ0) is 17.2. The fraction of sp³-hybridized carbons (Fsp3) is 0.143. The molecule has 1 fully saturated rings. The lowest BCUT2D eigenvalue weighted by Gasteiger charge is -2.25. The third kappa shape index (κ3) is 3.05. The van der Waals surface area contributed by atoms with Gasteiger partial charge in [-0.3, -0.25) is 14.7 Å². The molecule has 3 nitrogen and oxygen atoms in total. The highest BCUT2D eigenvalue weighted by Gasteiger charge is 2.35. The maximum atomic E-state index is 12.5. The summed E-state index contributed by atoms with van der Waals surface area (Å²) in [6.07, 6.45) is 3.70. The second-order valence-corrected chi connectivity index (χ2v) is 7.16. The Morgan fingerprint density at radius 3 is 2.56 bits per heavy atom. The highest BCUT2D eigenvalue weighted by atomic mass is 32.2. The SMILES string of the molecule is Cc1ccc(-c2ccncc2C2SCC(=O)N2c2ccccc2)cc1. The van der Waals surface area contributed by atoms with Crippen LogP contribution in [-0.2, 0) is 4.79 Å². The smallest absolute Gasteiger partial charge is 0.238 e. The van der Waals surface area contributed by atoms with Crippen molar-refractivity contribution >= 4 is 23.4 Å². The lowest BCUT2D eigenvalue weighted by atomic mass is 10.00. The Morgan fingerprint density at radius 2 is 1.80 bits per heavy atom. The first-order valence-corrected chi connectivity index (χ1v) is 9.28. The number of benzene rings is 2. The molecule has 0 N–H and O–H groups in total. The van der Waals surface area contributed by atoms with E-state index in [-0.39, 0.29) is 11.3 Å². The number of carbonyl (C=O) groups excluding carboxylic acids is 1. The number of para-hydroxylation sites is 1. The number of amides is 1. The van der Waals surface area contributed by atoms with Crippen molar-refractivity contribution in [1.29, 1.82) is 0 Å². The number of carbonyl (C=O) groups is 1. The number of hydrogen-bond donors (Lipinski definition) is 0. The Kier molecular flexibility index (Phi) is 4.28. The van der Waals surface area contributed by atoms with Gasteiger partial charge in [-0.1, -0.05) is 48.0 Å². The standard InChI is InChI=1S/C21H18N2OS/c1-15-7-9-16(10-8-15)18-11-12-22-13-19(18)21-23(20(24)14-25-21)17-5-3-2-4-6-17/h2-13,21H,14H2,1H3. The minimum Gasteiger partial charge on any atom is -0.295 e. The van der Waals surface area contributed by atoms with Gasteiger partial charge < -0.3 is 0 Å². The normalized spacial score (nSPS) is 17.1. The second kappa shape index (κ2) is 6.73. The number of nitrogens with zero attached hydrogens (tertiary/aromatic N) is 2. The molecule has 3 aromatic rings. The van der Waals surface area contributed by atoms with Crippen LogP contribution in [0.1, 0.15) is 16.5 Å². The number of thioether (sulfide) groups is 1. The Morgan fingerprint density at radius 1 is 1.04 bits per heavy atom. The van der Waals surface area contributed by atoms with Gasteiger partial charge in [0.05, 0.1) is 5.75 Å². The van der Waals surface area contributed by atoms with Gasteiger partial charge in [0, 0.05) is 23.6 Å². The average Bonchev–Trinajstić information content (AvgIpc) is 3.04. The summed E-state index contributed by atoms with van der Waals surface area (Å²) in [6, 6.07) is 20.4. The van der Waals surface area contributed by atoms with Crippen LogP contribution in [0.5, 0.6) is 0 Å². The van der Waals surface area contributed by atoms with Gasteiger partial charge in [-0.2, -0.15) is 0 Å². The third-order valence-corrected chi connectivity index (χ3v) is 5.58. The van der Waals surface area contributed by atoms with E-state index >= 15 is 0 Å². The Hall–Kier alpha value is -2.59. The van der Waals surface area contributed by atoms with Crippen molar-refractivity contribution in [2.24, 2.45) is 0 Å². The predicted octanol–water partition coefficient (Wildman–Crippen LogP) is 4.84. The summed E-state index contributed by atoms with van der Waals surface area (Å²) in [6.45, 7) is 2.08. The van der Waals surface area contributed by atoms with Crippen LogP contribution in [0, 0.1) is 6.92 Å². The van der Waals surface area contributed by atoms with E-state index in [4.69, 9.17) is 0 Å². The van der Waals surface area contributed by atoms with Gasteiger partial charge in [0.15, 0.2) is 0 Å². The maximum Gasteiger partial charge on any atom is 0.238 e. The van der Waals surface area contributed by atoms with Crippen molar-refractivity contribution in [2.45, 2.75) is 12.3 Å². The quantitative estimate of drug-likeness (QED) is 0.681. The molecule has 0 aliphatic carbocycles. The van der Waals surface area contributed by atoms with Crippen molar-refractivity contribution in [3.63, 3.8) is 0 Å². The molecular formula is C21H18N2OS. The van der Waals surface area contributed by atoms with E-state index in [2.05, 4.69) is 36.2 Å². The van der Waals surface area contributed by atoms with Crippen LogP contribution >= 0.6 is 11.8 Å². The number of anilines is 1. The molecule has 1 atom stereocenters. The fourth-order valence-corrected chi connectivity index (χ4v) is 4.32. The monoisotopic (exact) mass is 346 g/mol. The summed E-state index contributed by atoms with van der Waals surface area (Å²) in [7, 11) is 0. The van der Waals surface area contributed by atoms with Gasteiger partial charge in [-0.05, 0) is 36.2 Å². The highest BCUT2D eigenvalue weighted by molar-refractivity contribution is 8.00. The Bertz CT molecular complexity index is 893. The van der Waals surface area contributed by atoms with Gasteiger partial charge in [-0.25, -0.2) is 0 Å². The van der Waals surface area contributed by atoms with Crippen LogP contribution < -0.4 is 4.90 Å². The van der Waals surface area contributed by atoms with E-state index in [0.717, 1.165) is 22.4 Å². The molecule has 1 aromatic heterocycles. The van der Waals surface area contributed by atoms with E-state index in [1.165, 1.54) is 5.56 Å². The number of pyridine rings is 1. The molecule has 4 heteroatoms. The summed E-state index contributed by atoms with van der Waals surface area (Å²) in [5.41, 5.74) is 5.52. The topological polar surface area (TPSA) is 33.2 Å². The molecule has 2 heterocycles. The first kappa shape index (κ1) is 15.9. The molecule has 25 heavy (non-hydrogen) atoms. The summed E-state index contributed by atoms with van der Waals surface area (Å²) in [5.74, 6) is 0.627. The van der Waals surface area contributed by atoms with Gasteiger partial charge in [-0.15, -0.1) is 11.8 Å². The highest BCUT2D eigenvalue weighted by Crippen LogP contribution is 2.44. The lowest BCUT2D eigenvalue weighted by molar-refractivity contribution is -0.115. The van der Waals surface area contributed by atoms with Crippen molar-refractivity contribution in [2.75, 3.05) is 10.7 Å². The molecule has 1 unspecified atom stereocenters. The van der Waals surface area contributed by atoms with Crippen molar-refractivity contribution in [3.05, 3.63) is 84.2 Å². The molecule has 0 radical (unpaired) electrons. The Balaban J connectivity index is 1.79. The van der Waals surface area contributed by atoms with Crippen LogP contribution in [0.3, 0.4) is 0 Å². The van der Waals surface area contributed by atoms with Crippen molar-refractivity contribution < 1.29 is 4.79 Å². The van der Waals surface area contributed by atoms with Gasteiger partial charge in [0.2, 0.25) is 5.91 Å². The average molecular weight is 346 g/mol. The van der Waals surface area contributed by atoms with Crippen LogP contribution in [0.2, 0.25) is 0 Å².